The summed E-state index contributed by atoms with van der Waals surface area (Å²) >= 11 is 1.12. The van der Waals surface area contributed by atoms with Gasteiger partial charge in [0, 0.05) is 16.7 Å². The van der Waals surface area contributed by atoms with Gasteiger partial charge in [-0.15, -0.1) is 0 Å². The number of alkyl halides is 3. The fourth-order valence-electron chi connectivity index (χ4n) is 3.15. The van der Waals surface area contributed by atoms with Crippen molar-refractivity contribution >= 4 is 23.6 Å². The van der Waals surface area contributed by atoms with E-state index in [2.05, 4.69) is 9.71 Å². The smallest absolute Gasteiger partial charge is 0.416 e. The second-order valence-electron chi connectivity index (χ2n) is 7.01. The Morgan fingerprint density at radius 1 is 1.10 bits per heavy atom. The van der Waals surface area contributed by atoms with Crippen molar-refractivity contribution < 1.29 is 23.1 Å². The summed E-state index contributed by atoms with van der Waals surface area (Å²) in [6.07, 6.45) is -0.872. The van der Waals surface area contributed by atoms with E-state index in [1.165, 1.54) is 6.07 Å². The summed E-state index contributed by atoms with van der Waals surface area (Å²) in [5.74, 6) is -0.693. The molecule has 0 bridgehead atoms. The molecule has 30 heavy (non-hydrogen) atoms. The van der Waals surface area contributed by atoms with E-state index in [4.69, 9.17) is 0 Å². The molecule has 1 fully saturated rings. The number of nitrogens with one attached hydrogen (secondary N) is 1. The Bertz CT molecular complexity index is 1080. The molecule has 4 rings (SSSR count). The number of hydrogen-bond acceptors (Lipinski definition) is 4. The summed E-state index contributed by atoms with van der Waals surface area (Å²) in [4.78, 5) is 16.3. The number of anilines is 1. The highest BCUT2D eigenvalue weighted by Crippen LogP contribution is 2.45. The second kappa shape index (κ2) is 8.02. The molecule has 154 valence electrons. The SMILES string of the molecule is O=C(O)c1ccc(C2CC2)c(SNc2cc(C(F)(F)F)ccc2-c2ccccn2)c1. The van der Waals surface area contributed by atoms with E-state index in [1.54, 1.807) is 42.6 Å². The third-order valence-corrected chi connectivity index (χ3v) is 5.73. The molecule has 1 saturated carbocycles. The number of rotatable bonds is 6. The van der Waals surface area contributed by atoms with Crippen molar-refractivity contribution in [3.63, 3.8) is 0 Å². The number of benzene rings is 2. The fourth-order valence-corrected chi connectivity index (χ4v) is 4.08. The van der Waals surface area contributed by atoms with E-state index < -0.39 is 17.7 Å². The third-order valence-electron chi connectivity index (χ3n) is 4.84. The number of halogens is 3. The number of aromatic carboxylic acids is 1. The van der Waals surface area contributed by atoms with Gasteiger partial charge in [-0.05, 0) is 72.7 Å². The van der Waals surface area contributed by atoms with Gasteiger partial charge in [-0.2, -0.15) is 13.2 Å². The van der Waals surface area contributed by atoms with Gasteiger partial charge >= 0.3 is 12.1 Å². The van der Waals surface area contributed by atoms with E-state index in [0.717, 1.165) is 42.5 Å². The first-order valence-corrected chi connectivity index (χ1v) is 10.1. The van der Waals surface area contributed by atoms with E-state index in [9.17, 15) is 23.1 Å². The number of hydrogen-bond donors (Lipinski definition) is 2. The Kier molecular flexibility index (Phi) is 5.42. The summed E-state index contributed by atoms with van der Waals surface area (Å²) in [5, 5.41) is 9.30. The molecule has 8 heteroatoms. The van der Waals surface area contributed by atoms with Gasteiger partial charge in [0.25, 0.3) is 0 Å². The molecule has 3 aromatic rings. The maximum absolute atomic E-state index is 13.3. The monoisotopic (exact) mass is 430 g/mol. The van der Waals surface area contributed by atoms with Gasteiger partial charge in [-0.25, -0.2) is 4.79 Å². The normalized spacial score (nSPS) is 13.8. The van der Waals surface area contributed by atoms with E-state index in [-0.39, 0.29) is 11.3 Å². The van der Waals surface area contributed by atoms with Crippen LogP contribution in [0.4, 0.5) is 18.9 Å². The van der Waals surface area contributed by atoms with Gasteiger partial charge < -0.3 is 9.83 Å². The minimum absolute atomic E-state index is 0.137. The minimum Gasteiger partial charge on any atom is -0.478 e. The Hall–Kier alpha value is -3.00. The van der Waals surface area contributed by atoms with Crippen LogP contribution in [0.15, 0.2) is 65.7 Å². The lowest BCUT2D eigenvalue weighted by atomic mass is 10.1. The average molecular weight is 430 g/mol. The molecule has 1 aliphatic rings. The second-order valence-corrected chi connectivity index (χ2v) is 7.86. The maximum atomic E-state index is 13.3. The van der Waals surface area contributed by atoms with Crippen LogP contribution in [-0.4, -0.2) is 16.1 Å². The number of carboxylic acid groups (broad SMARTS) is 1. The molecule has 2 N–H and O–H groups in total. The number of nitrogens with zero attached hydrogens (tertiary/aromatic N) is 1. The molecule has 1 aromatic heterocycles. The zero-order chi connectivity index (χ0) is 21.3. The lowest BCUT2D eigenvalue weighted by molar-refractivity contribution is -0.137. The van der Waals surface area contributed by atoms with Crippen LogP contribution in [0.2, 0.25) is 0 Å². The van der Waals surface area contributed by atoms with Crippen LogP contribution >= 0.6 is 11.9 Å². The lowest BCUT2D eigenvalue weighted by Crippen LogP contribution is -2.06. The van der Waals surface area contributed by atoms with Crippen molar-refractivity contribution in [1.82, 2.24) is 4.98 Å². The van der Waals surface area contributed by atoms with E-state index in [0.29, 0.717) is 22.1 Å². The number of pyridine rings is 1. The third kappa shape index (κ3) is 4.43. The van der Waals surface area contributed by atoms with Crippen molar-refractivity contribution in [2.75, 3.05) is 4.72 Å². The first-order chi connectivity index (χ1) is 14.3. The molecule has 2 aromatic carbocycles. The first kappa shape index (κ1) is 20.3. The number of carbonyl (C=O) groups is 1. The van der Waals surface area contributed by atoms with Crippen LogP contribution in [0, 0.1) is 0 Å². The van der Waals surface area contributed by atoms with Gasteiger partial charge in [0.15, 0.2) is 0 Å². The van der Waals surface area contributed by atoms with Crippen molar-refractivity contribution in [3.05, 3.63) is 77.5 Å². The molecule has 4 nitrogen and oxygen atoms in total. The largest absolute Gasteiger partial charge is 0.478 e. The van der Waals surface area contributed by atoms with Crippen LogP contribution in [0.25, 0.3) is 11.3 Å². The maximum Gasteiger partial charge on any atom is 0.416 e. The van der Waals surface area contributed by atoms with Gasteiger partial charge in [-0.3, -0.25) is 4.98 Å². The van der Waals surface area contributed by atoms with Crippen molar-refractivity contribution in [2.24, 2.45) is 0 Å². The number of carboxylic acids is 1. The predicted octanol–water partition coefficient (Wildman–Crippen LogP) is 6.46. The Morgan fingerprint density at radius 2 is 1.90 bits per heavy atom. The Labute approximate surface area is 175 Å². The van der Waals surface area contributed by atoms with E-state index >= 15 is 0 Å². The molecular formula is C22H17F3N2O2S. The van der Waals surface area contributed by atoms with Crippen LogP contribution < -0.4 is 4.72 Å². The summed E-state index contributed by atoms with van der Waals surface area (Å²) in [6.45, 7) is 0. The average Bonchev–Trinajstić information content (AvgIpc) is 3.57. The Morgan fingerprint density at radius 3 is 2.53 bits per heavy atom. The van der Waals surface area contributed by atoms with Crippen molar-refractivity contribution in [3.8, 4) is 11.3 Å². The standard InChI is InChI=1S/C22H17F3N2O2S/c23-22(24,25)15-7-9-17(18-3-1-2-10-26-18)19(12-15)27-30-20-11-14(21(28)29)6-8-16(20)13-4-5-13/h1-3,6-13,27H,4-5H2,(H,28,29). The van der Waals surface area contributed by atoms with Gasteiger partial charge in [0.05, 0.1) is 22.5 Å². The quantitative estimate of drug-likeness (QED) is 0.439. The number of aromatic nitrogens is 1. The topological polar surface area (TPSA) is 62.2 Å². The fraction of sp³-hybridized carbons (Fsp3) is 0.182. The van der Waals surface area contributed by atoms with Gasteiger partial charge in [-0.1, -0.05) is 18.2 Å². The van der Waals surface area contributed by atoms with Crippen LogP contribution in [0.5, 0.6) is 0 Å². The molecule has 0 radical (unpaired) electrons. The zero-order valence-electron chi connectivity index (χ0n) is 15.6. The Balaban J connectivity index is 1.70. The first-order valence-electron chi connectivity index (χ1n) is 9.25. The lowest BCUT2D eigenvalue weighted by Gasteiger charge is -2.16. The van der Waals surface area contributed by atoms with Crippen LogP contribution in [-0.2, 0) is 6.18 Å². The molecule has 0 saturated heterocycles. The van der Waals surface area contributed by atoms with Gasteiger partial charge in [0.2, 0.25) is 0 Å². The zero-order valence-corrected chi connectivity index (χ0v) is 16.4. The van der Waals surface area contributed by atoms with Crippen molar-refractivity contribution in [2.45, 2.75) is 29.8 Å². The summed E-state index contributed by atoms with van der Waals surface area (Å²) < 4.78 is 42.8. The molecule has 1 heterocycles. The highest BCUT2D eigenvalue weighted by Gasteiger charge is 2.31. The predicted molar refractivity (Wildman–Crippen MR) is 110 cm³/mol. The molecule has 0 spiro atoms. The molecule has 0 atom stereocenters. The molecular weight excluding hydrogens is 413 g/mol. The molecule has 1 aliphatic carbocycles. The van der Waals surface area contributed by atoms with Crippen molar-refractivity contribution in [1.29, 1.82) is 0 Å². The highest BCUT2D eigenvalue weighted by molar-refractivity contribution is 8.00. The van der Waals surface area contributed by atoms with Crippen LogP contribution in [0.3, 0.4) is 0 Å². The highest BCUT2D eigenvalue weighted by atomic mass is 32.2. The summed E-state index contributed by atoms with van der Waals surface area (Å²) in [7, 11) is 0. The van der Waals surface area contributed by atoms with Crippen LogP contribution in [0.1, 0.15) is 40.2 Å². The molecule has 0 unspecified atom stereocenters. The summed E-state index contributed by atoms with van der Waals surface area (Å²) in [5.41, 5.74) is 1.69. The van der Waals surface area contributed by atoms with Gasteiger partial charge in [0.1, 0.15) is 0 Å². The summed E-state index contributed by atoms with van der Waals surface area (Å²) in [6, 6.07) is 13.6. The molecule has 0 aliphatic heterocycles. The molecule has 0 amide bonds. The minimum atomic E-state index is -4.48. The van der Waals surface area contributed by atoms with E-state index in [1.807, 2.05) is 0 Å².